The fourth-order valence-corrected chi connectivity index (χ4v) is 5.79. The van der Waals surface area contributed by atoms with Crippen molar-refractivity contribution in [3.8, 4) is 22.5 Å². The number of hydrogen-bond acceptors (Lipinski definition) is 8. The Labute approximate surface area is 234 Å². The van der Waals surface area contributed by atoms with Gasteiger partial charge in [0.1, 0.15) is 11.6 Å². The van der Waals surface area contributed by atoms with Crippen LogP contribution in [0.15, 0.2) is 76.0 Å². The number of amides is 1. The van der Waals surface area contributed by atoms with Crippen LogP contribution in [0.5, 0.6) is 0 Å². The van der Waals surface area contributed by atoms with E-state index in [0.717, 1.165) is 16.5 Å². The Morgan fingerprint density at radius 3 is 2.22 bits per heavy atom. The second kappa shape index (κ2) is 10.9. The number of H-pyrrole nitrogens is 1. The van der Waals surface area contributed by atoms with Gasteiger partial charge in [-0.15, -0.1) is 10.2 Å². The van der Waals surface area contributed by atoms with E-state index >= 15 is 0 Å². The second-order valence-corrected chi connectivity index (χ2v) is 11.4. The molecule has 1 atom stereocenters. The first-order chi connectivity index (χ1) is 19.5. The maximum absolute atomic E-state index is 13.1. The van der Waals surface area contributed by atoms with E-state index in [-0.39, 0.29) is 10.7 Å². The molecule has 2 heterocycles. The first kappa shape index (κ1) is 27.7. The average Bonchev–Trinajstić information content (AvgIpc) is 3.60. The van der Waals surface area contributed by atoms with E-state index in [9.17, 15) is 23.1 Å². The van der Waals surface area contributed by atoms with E-state index in [2.05, 4.69) is 30.7 Å². The highest BCUT2D eigenvalue weighted by molar-refractivity contribution is 7.89. The highest BCUT2D eigenvalue weighted by Crippen LogP contribution is 2.33. The number of carboxylic acids is 1. The summed E-state index contributed by atoms with van der Waals surface area (Å²) in [7, 11) is -4.02. The van der Waals surface area contributed by atoms with Crippen molar-refractivity contribution in [1.82, 2.24) is 25.3 Å². The van der Waals surface area contributed by atoms with Gasteiger partial charge < -0.3 is 14.8 Å². The van der Waals surface area contributed by atoms with Crippen molar-refractivity contribution in [2.24, 2.45) is 5.92 Å². The lowest BCUT2D eigenvalue weighted by atomic mass is 10.0. The van der Waals surface area contributed by atoms with Crippen LogP contribution in [-0.2, 0) is 14.8 Å². The molecule has 13 heteroatoms. The van der Waals surface area contributed by atoms with Gasteiger partial charge in [-0.05, 0) is 59.5 Å². The number of aliphatic carboxylic acids is 1. The number of carbonyl (C=O) groups is 2. The minimum atomic E-state index is -4.02. The smallest absolute Gasteiger partial charge is 0.322 e. The van der Waals surface area contributed by atoms with Crippen molar-refractivity contribution in [3.63, 3.8) is 0 Å². The molecule has 210 valence electrons. The molecule has 0 aliphatic heterocycles. The summed E-state index contributed by atoms with van der Waals surface area (Å²) in [5.74, 6) is -1.53. The maximum Gasteiger partial charge on any atom is 0.322 e. The van der Waals surface area contributed by atoms with E-state index in [1.54, 1.807) is 69.3 Å². The van der Waals surface area contributed by atoms with Gasteiger partial charge in [0.25, 0.3) is 5.91 Å². The summed E-state index contributed by atoms with van der Waals surface area (Å²) in [6.45, 7) is 5.04. The number of aromatic nitrogens is 4. The molecule has 0 radical (unpaired) electrons. The zero-order valence-electron chi connectivity index (χ0n) is 22.2. The Balaban J connectivity index is 1.31. The fraction of sp³-hybridized carbons (Fsp3) is 0.179. The highest BCUT2D eigenvalue weighted by atomic mass is 32.2. The number of furan rings is 1. The van der Waals surface area contributed by atoms with Crippen molar-refractivity contribution >= 4 is 38.6 Å². The minimum Gasteiger partial charge on any atom is -0.480 e. The van der Waals surface area contributed by atoms with Gasteiger partial charge in [-0.2, -0.15) is 9.94 Å². The molecule has 0 saturated carbocycles. The molecule has 4 N–H and O–H groups in total. The number of carboxylic acid groups (broad SMARTS) is 1. The Hall–Kier alpha value is -4.88. The average molecular weight is 575 g/mol. The Morgan fingerprint density at radius 2 is 1.63 bits per heavy atom. The maximum atomic E-state index is 13.1. The molecule has 41 heavy (non-hydrogen) atoms. The molecule has 0 fully saturated rings. The number of nitrogens with one attached hydrogen (secondary N) is 3. The molecule has 5 aromatic rings. The number of anilines is 1. The zero-order chi connectivity index (χ0) is 29.3. The lowest BCUT2D eigenvalue weighted by molar-refractivity contribution is -0.140. The third-order valence-electron chi connectivity index (χ3n) is 6.60. The van der Waals surface area contributed by atoms with Gasteiger partial charge in [0.15, 0.2) is 5.76 Å². The van der Waals surface area contributed by atoms with Gasteiger partial charge >= 0.3 is 5.97 Å². The molecule has 0 aliphatic rings. The summed E-state index contributed by atoms with van der Waals surface area (Å²) in [6, 6.07) is 17.3. The van der Waals surface area contributed by atoms with Crippen LogP contribution in [0.2, 0.25) is 0 Å². The van der Waals surface area contributed by atoms with Crippen LogP contribution in [0.25, 0.3) is 33.5 Å². The number of aryl methyl sites for hydroxylation is 1. The van der Waals surface area contributed by atoms with Gasteiger partial charge in [-0.1, -0.05) is 50.2 Å². The molecular weight excluding hydrogens is 548 g/mol. The van der Waals surface area contributed by atoms with E-state index in [4.69, 9.17) is 4.42 Å². The molecule has 0 aliphatic carbocycles. The van der Waals surface area contributed by atoms with Crippen LogP contribution >= 0.6 is 0 Å². The highest BCUT2D eigenvalue weighted by Gasteiger charge is 2.28. The number of benzene rings is 3. The number of tetrazole rings is 1. The first-order valence-electron chi connectivity index (χ1n) is 12.6. The van der Waals surface area contributed by atoms with Crippen LogP contribution in [0.1, 0.15) is 30.0 Å². The molecule has 1 amide bonds. The lowest BCUT2D eigenvalue weighted by Crippen LogP contribution is -2.44. The van der Waals surface area contributed by atoms with Crippen LogP contribution in [0, 0.1) is 12.8 Å². The Bertz CT molecular complexity index is 1830. The summed E-state index contributed by atoms with van der Waals surface area (Å²) < 4.78 is 33.5. The quantitative estimate of drug-likeness (QED) is 0.200. The first-order valence-corrected chi connectivity index (χ1v) is 14.1. The molecule has 12 nitrogen and oxygen atoms in total. The van der Waals surface area contributed by atoms with Gasteiger partial charge in [0.2, 0.25) is 15.8 Å². The molecule has 0 bridgehead atoms. The van der Waals surface area contributed by atoms with Crippen LogP contribution in [-0.4, -0.2) is 52.1 Å². The van der Waals surface area contributed by atoms with Crippen molar-refractivity contribution in [1.29, 1.82) is 0 Å². The summed E-state index contributed by atoms with van der Waals surface area (Å²) in [5, 5.41) is 27.0. The van der Waals surface area contributed by atoms with Gasteiger partial charge in [0, 0.05) is 22.2 Å². The van der Waals surface area contributed by atoms with Crippen LogP contribution in [0.4, 0.5) is 5.69 Å². The fourth-order valence-electron chi connectivity index (χ4n) is 4.45. The molecule has 0 unspecified atom stereocenters. The van der Waals surface area contributed by atoms with Crippen LogP contribution < -0.4 is 10.0 Å². The van der Waals surface area contributed by atoms with Crippen molar-refractivity contribution in [3.05, 3.63) is 78.1 Å². The van der Waals surface area contributed by atoms with E-state index in [0.29, 0.717) is 28.2 Å². The number of hydrogen-bond donors (Lipinski definition) is 4. The van der Waals surface area contributed by atoms with Gasteiger partial charge in [-0.3, -0.25) is 9.59 Å². The largest absolute Gasteiger partial charge is 0.480 e. The number of rotatable bonds is 9. The summed E-state index contributed by atoms with van der Waals surface area (Å²) in [5.41, 5.74) is 3.92. The standard InChI is InChI=1S/C28H26N6O6S/c1-15(2)24(28(36)37)32-41(38,39)20-13-9-18(10-14-20)17-7-11-19(12-8-17)29-27(35)25-16(3)23-21(26-30-33-34-31-26)5-4-6-22(23)40-25/h4-15,24,32H,1-3H3,(H,29,35)(H,36,37)(H,30,31,33,34)/t24-/m0/s1. The number of carbonyl (C=O) groups excluding carboxylic acids is 1. The molecule has 0 saturated heterocycles. The summed E-state index contributed by atoms with van der Waals surface area (Å²) in [6.07, 6.45) is 0. The third-order valence-corrected chi connectivity index (χ3v) is 8.06. The molecular formula is C28H26N6O6S. The van der Waals surface area contributed by atoms with Crippen molar-refractivity contribution in [2.45, 2.75) is 31.7 Å². The van der Waals surface area contributed by atoms with E-state index in [1.807, 2.05) is 6.07 Å². The van der Waals surface area contributed by atoms with E-state index < -0.39 is 33.9 Å². The number of aromatic amines is 1. The molecule has 2 aromatic heterocycles. The van der Waals surface area contributed by atoms with Crippen molar-refractivity contribution < 1.29 is 27.5 Å². The zero-order valence-corrected chi connectivity index (χ0v) is 23.1. The monoisotopic (exact) mass is 574 g/mol. The Kier molecular flexibility index (Phi) is 7.39. The molecule has 0 spiro atoms. The van der Waals surface area contributed by atoms with Crippen molar-refractivity contribution in [2.75, 3.05) is 5.32 Å². The van der Waals surface area contributed by atoms with Gasteiger partial charge in [-0.25, -0.2) is 8.42 Å². The summed E-state index contributed by atoms with van der Waals surface area (Å²) >= 11 is 0. The normalized spacial score (nSPS) is 12.5. The minimum absolute atomic E-state index is 0.0410. The lowest BCUT2D eigenvalue weighted by Gasteiger charge is -2.18. The Morgan fingerprint density at radius 1 is 0.976 bits per heavy atom. The second-order valence-electron chi connectivity index (χ2n) is 9.71. The number of sulfonamides is 1. The predicted molar refractivity (Wildman–Crippen MR) is 151 cm³/mol. The molecule has 5 rings (SSSR count). The number of nitrogens with zero attached hydrogens (tertiary/aromatic N) is 3. The molecule has 3 aromatic carbocycles. The summed E-state index contributed by atoms with van der Waals surface area (Å²) in [4.78, 5) is 24.5. The van der Waals surface area contributed by atoms with Crippen LogP contribution in [0.3, 0.4) is 0 Å². The number of fused-ring (bicyclic) bond motifs is 1. The predicted octanol–water partition coefficient (Wildman–Crippen LogP) is 4.23. The van der Waals surface area contributed by atoms with E-state index in [1.165, 1.54) is 12.1 Å². The van der Waals surface area contributed by atoms with Gasteiger partial charge in [0.05, 0.1) is 4.90 Å². The third kappa shape index (κ3) is 5.58. The SMILES string of the molecule is Cc1c(C(=O)Nc2ccc(-c3ccc(S(=O)(=O)N[C@H](C(=O)O)C(C)C)cc3)cc2)oc2cccc(-c3nn[nH]n3)c12. The topological polar surface area (TPSA) is 180 Å².